The van der Waals surface area contributed by atoms with Crippen LogP contribution in [0.3, 0.4) is 0 Å². The van der Waals surface area contributed by atoms with Gasteiger partial charge < -0.3 is 9.52 Å². The molecular weight excluding hydrogens is 158 g/mol. The summed E-state index contributed by atoms with van der Waals surface area (Å²) in [7, 11) is 1.55. The number of amides is 1. The van der Waals surface area contributed by atoms with Crippen molar-refractivity contribution in [2.45, 2.75) is 6.92 Å². The van der Waals surface area contributed by atoms with Gasteiger partial charge in [-0.05, 0) is 13.0 Å². The number of carbonyl (C=O) groups is 1. The molecule has 1 rings (SSSR count). The standard InChI is InChI=1S/C8H11NO3/c1-6-3-4-8(12-6)9(2)7(11)5-10/h3-4,10H,5H2,1-2H3. The summed E-state index contributed by atoms with van der Waals surface area (Å²) in [5, 5.41) is 8.54. The highest BCUT2D eigenvalue weighted by Gasteiger charge is 2.11. The van der Waals surface area contributed by atoms with Crippen LogP contribution in [0.1, 0.15) is 5.76 Å². The summed E-state index contributed by atoms with van der Waals surface area (Å²) in [5.74, 6) is 0.804. The Morgan fingerprint density at radius 3 is 2.75 bits per heavy atom. The summed E-state index contributed by atoms with van der Waals surface area (Å²) in [6.07, 6.45) is 0. The topological polar surface area (TPSA) is 53.7 Å². The smallest absolute Gasteiger partial charge is 0.254 e. The molecule has 12 heavy (non-hydrogen) atoms. The molecule has 1 aromatic rings. The number of rotatable bonds is 2. The van der Waals surface area contributed by atoms with E-state index in [0.29, 0.717) is 5.88 Å². The largest absolute Gasteiger partial charge is 0.445 e. The van der Waals surface area contributed by atoms with Crippen molar-refractivity contribution in [2.24, 2.45) is 0 Å². The van der Waals surface area contributed by atoms with E-state index in [1.165, 1.54) is 4.90 Å². The lowest BCUT2D eigenvalue weighted by Gasteiger charge is -2.11. The number of aliphatic hydroxyl groups excluding tert-OH is 1. The van der Waals surface area contributed by atoms with Gasteiger partial charge in [0.2, 0.25) is 5.88 Å². The quantitative estimate of drug-likeness (QED) is 0.703. The van der Waals surface area contributed by atoms with Crippen LogP contribution in [-0.2, 0) is 4.79 Å². The molecule has 0 saturated heterocycles. The van der Waals surface area contributed by atoms with E-state index in [1.54, 1.807) is 26.1 Å². The maximum Gasteiger partial charge on any atom is 0.254 e. The third kappa shape index (κ3) is 1.65. The van der Waals surface area contributed by atoms with Crippen molar-refractivity contribution in [3.8, 4) is 0 Å². The van der Waals surface area contributed by atoms with Crippen LogP contribution in [0.25, 0.3) is 0 Å². The zero-order valence-corrected chi connectivity index (χ0v) is 7.07. The first kappa shape index (κ1) is 8.80. The molecule has 1 heterocycles. The monoisotopic (exact) mass is 169 g/mol. The van der Waals surface area contributed by atoms with Crippen molar-refractivity contribution < 1.29 is 14.3 Å². The van der Waals surface area contributed by atoms with Gasteiger partial charge in [-0.15, -0.1) is 0 Å². The molecule has 0 spiro atoms. The maximum atomic E-state index is 10.9. The van der Waals surface area contributed by atoms with Crippen LogP contribution in [0, 0.1) is 6.92 Å². The predicted molar refractivity (Wildman–Crippen MR) is 43.9 cm³/mol. The van der Waals surface area contributed by atoms with Crippen molar-refractivity contribution in [3.05, 3.63) is 17.9 Å². The van der Waals surface area contributed by atoms with Gasteiger partial charge in [0.15, 0.2) is 0 Å². The number of likely N-dealkylation sites (N-methyl/N-ethyl adjacent to an activating group) is 1. The Morgan fingerprint density at radius 1 is 1.67 bits per heavy atom. The Kier molecular flexibility index (Phi) is 2.50. The maximum absolute atomic E-state index is 10.9. The van der Waals surface area contributed by atoms with Crippen LogP contribution in [-0.4, -0.2) is 24.7 Å². The molecule has 1 aromatic heterocycles. The zero-order valence-electron chi connectivity index (χ0n) is 7.07. The van der Waals surface area contributed by atoms with E-state index >= 15 is 0 Å². The molecule has 0 bridgehead atoms. The second-order valence-corrected chi connectivity index (χ2v) is 2.50. The summed E-state index contributed by atoms with van der Waals surface area (Å²) in [5.41, 5.74) is 0. The SMILES string of the molecule is Cc1ccc(N(C)C(=O)CO)o1. The van der Waals surface area contributed by atoms with Crippen LogP contribution in [0.5, 0.6) is 0 Å². The molecule has 0 saturated carbocycles. The second-order valence-electron chi connectivity index (χ2n) is 2.50. The van der Waals surface area contributed by atoms with Crippen molar-refractivity contribution in [3.63, 3.8) is 0 Å². The van der Waals surface area contributed by atoms with Gasteiger partial charge in [0.05, 0.1) is 0 Å². The van der Waals surface area contributed by atoms with E-state index < -0.39 is 6.61 Å². The van der Waals surface area contributed by atoms with Gasteiger partial charge in [-0.1, -0.05) is 0 Å². The molecule has 0 atom stereocenters. The minimum atomic E-state index is -0.504. The van der Waals surface area contributed by atoms with Crippen LogP contribution in [0.15, 0.2) is 16.5 Å². The van der Waals surface area contributed by atoms with Crippen molar-refractivity contribution >= 4 is 11.8 Å². The van der Waals surface area contributed by atoms with Gasteiger partial charge in [-0.3, -0.25) is 9.69 Å². The molecule has 0 aromatic carbocycles. The highest BCUT2D eigenvalue weighted by atomic mass is 16.4. The number of carbonyl (C=O) groups excluding carboxylic acids is 1. The van der Waals surface area contributed by atoms with Gasteiger partial charge in [-0.25, -0.2) is 0 Å². The summed E-state index contributed by atoms with van der Waals surface area (Å²) in [4.78, 5) is 12.2. The number of hydrogen-bond acceptors (Lipinski definition) is 3. The van der Waals surface area contributed by atoms with E-state index in [9.17, 15) is 4.79 Å². The first-order valence-corrected chi connectivity index (χ1v) is 3.59. The Hall–Kier alpha value is -1.29. The van der Waals surface area contributed by atoms with E-state index in [2.05, 4.69) is 0 Å². The normalized spacial score (nSPS) is 9.92. The fraction of sp³-hybridized carbons (Fsp3) is 0.375. The van der Waals surface area contributed by atoms with E-state index in [1.807, 2.05) is 0 Å². The minimum absolute atomic E-state index is 0.385. The summed E-state index contributed by atoms with van der Waals surface area (Å²) < 4.78 is 5.16. The first-order chi connectivity index (χ1) is 5.65. The van der Waals surface area contributed by atoms with Gasteiger partial charge >= 0.3 is 0 Å². The van der Waals surface area contributed by atoms with Crippen LogP contribution < -0.4 is 4.90 Å². The highest BCUT2D eigenvalue weighted by Crippen LogP contribution is 2.15. The Balaban J connectivity index is 2.77. The van der Waals surface area contributed by atoms with Crippen molar-refractivity contribution in [1.82, 2.24) is 0 Å². The Morgan fingerprint density at radius 2 is 2.33 bits per heavy atom. The number of aryl methyl sites for hydroxylation is 1. The molecule has 1 amide bonds. The van der Waals surface area contributed by atoms with Crippen LogP contribution in [0.4, 0.5) is 5.88 Å². The second kappa shape index (κ2) is 3.40. The third-order valence-corrected chi connectivity index (χ3v) is 1.57. The first-order valence-electron chi connectivity index (χ1n) is 3.59. The zero-order chi connectivity index (χ0) is 9.14. The fourth-order valence-electron chi connectivity index (χ4n) is 0.831. The summed E-state index contributed by atoms with van der Waals surface area (Å²) in [6.45, 7) is 1.29. The molecule has 1 N–H and O–H groups in total. The molecule has 0 radical (unpaired) electrons. The van der Waals surface area contributed by atoms with Gasteiger partial charge in [0.25, 0.3) is 5.91 Å². The Labute approximate surface area is 70.4 Å². The molecule has 4 nitrogen and oxygen atoms in total. The highest BCUT2D eigenvalue weighted by molar-refractivity contribution is 5.92. The fourth-order valence-corrected chi connectivity index (χ4v) is 0.831. The van der Waals surface area contributed by atoms with Crippen LogP contribution in [0.2, 0.25) is 0 Å². The lowest BCUT2D eigenvalue weighted by Crippen LogP contribution is -2.28. The molecule has 66 valence electrons. The van der Waals surface area contributed by atoms with Crippen molar-refractivity contribution in [2.75, 3.05) is 18.6 Å². The van der Waals surface area contributed by atoms with Gasteiger partial charge in [0, 0.05) is 13.1 Å². The lowest BCUT2D eigenvalue weighted by atomic mass is 10.5. The molecule has 0 aliphatic rings. The summed E-state index contributed by atoms with van der Waals surface area (Å²) >= 11 is 0. The van der Waals surface area contributed by atoms with E-state index in [0.717, 1.165) is 5.76 Å². The molecule has 0 aliphatic heterocycles. The average molecular weight is 169 g/mol. The summed E-state index contributed by atoms with van der Waals surface area (Å²) in [6, 6.07) is 3.44. The molecule has 4 heteroatoms. The van der Waals surface area contributed by atoms with Gasteiger partial charge in [0.1, 0.15) is 12.4 Å². The minimum Gasteiger partial charge on any atom is -0.445 e. The number of hydrogen-bond donors (Lipinski definition) is 1. The molecular formula is C8H11NO3. The molecule has 0 aliphatic carbocycles. The number of anilines is 1. The lowest BCUT2D eigenvalue weighted by molar-refractivity contribution is -0.121. The van der Waals surface area contributed by atoms with E-state index in [4.69, 9.17) is 9.52 Å². The third-order valence-electron chi connectivity index (χ3n) is 1.57. The van der Waals surface area contributed by atoms with Gasteiger partial charge in [-0.2, -0.15) is 0 Å². The predicted octanol–water partition coefficient (Wildman–Crippen LogP) is 0.543. The van der Waals surface area contributed by atoms with E-state index in [-0.39, 0.29) is 5.91 Å². The number of nitrogens with zero attached hydrogens (tertiary/aromatic N) is 1. The number of furan rings is 1. The molecule has 0 unspecified atom stereocenters. The molecule has 0 fully saturated rings. The van der Waals surface area contributed by atoms with Crippen molar-refractivity contribution in [1.29, 1.82) is 0 Å². The van der Waals surface area contributed by atoms with Crippen LogP contribution >= 0.6 is 0 Å². The number of aliphatic hydroxyl groups is 1. The Bertz CT molecular complexity index is 280. The average Bonchev–Trinajstić information content (AvgIpc) is 2.49.